The van der Waals surface area contributed by atoms with Gasteiger partial charge in [0.25, 0.3) is 0 Å². The van der Waals surface area contributed by atoms with Gasteiger partial charge in [-0.1, -0.05) is 40.9 Å². The summed E-state index contributed by atoms with van der Waals surface area (Å²) in [4.78, 5) is 24.2. The molecule has 0 saturated carbocycles. The Morgan fingerprint density at radius 1 is 1.27 bits per heavy atom. The number of aliphatic hydroxyl groups excluding tert-OH is 1. The van der Waals surface area contributed by atoms with Crippen LogP contribution < -0.4 is 10.6 Å². The minimum absolute atomic E-state index is 0.0655. The highest BCUT2D eigenvalue weighted by atomic mass is 35.5. The summed E-state index contributed by atoms with van der Waals surface area (Å²) in [6.45, 7) is 1.12. The van der Waals surface area contributed by atoms with Crippen LogP contribution in [0.15, 0.2) is 30.3 Å². The van der Waals surface area contributed by atoms with Crippen molar-refractivity contribution in [3.05, 3.63) is 72.5 Å². The first-order valence-corrected chi connectivity index (χ1v) is 9.99. The van der Waals surface area contributed by atoms with Crippen molar-refractivity contribution in [3.63, 3.8) is 0 Å². The molecule has 30 heavy (non-hydrogen) atoms. The van der Waals surface area contributed by atoms with E-state index in [1.165, 1.54) is 18.2 Å². The molecule has 1 aliphatic rings. The van der Waals surface area contributed by atoms with Gasteiger partial charge in [-0.2, -0.15) is 0 Å². The largest absolute Gasteiger partial charge is 0.394 e. The first-order valence-electron chi connectivity index (χ1n) is 8.86. The molecule has 11 heteroatoms. The van der Waals surface area contributed by atoms with E-state index in [-0.39, 0.29) is 15.6 Å². The molecule has 1 amide bonds. The molecule has 0 unspecified atom stereocenters. The third-order valence-corrected chi connectivity index (χ3v) is 5.82. The molecule has 0 aromatic heterocycles. The second-order valence-electron chi connectivity index (χ2n) is 6.97. The molecule has 0 aliphatic carbocycles. The Balaban J connectivity index is 2.06. The van der Waals surface area contributed by atoms with E-state index in [2.05, 4.69) is 10.6 Å². The molecule has 2 aromatic carbocycles. The molecule has 3 N–H and O–H groups in total. The van der Waals surface area contributed by atoms with E-state index < -0.39 is 47.3 Å². The van der Waals surface area contributed by atoms with Crippen LogP contribution in [0.5, 0.6) is 0 Å². The van der Waals surface area contributed by atoms with E-state index in [4.69, 9.17) is 34.8 Å². The lowest BCUT2D eigenvalue weighted by atomic mass is 9.86. The van der Waals surface area contributed by atoms with Crippen LogP contribution in [0.3, 0.4) is 0 Å². The lowest BCUT2D eigenvalue weighted by molar-refractivity contribution is -0.527. The third-order valence-electron chi connectivity index (χ3n) is 5.09. The van der Waals surface area contributed by atoms with Gasteiger partial charge in [0.05, 0.1) is 23.6 Å². The molecule has 1 aliphatic heterocycles. The quantitative estimate of drug-likeness (QED) is 0.346. The number of rotatable bonds is 5. The second-order valence-corrected chi connectivity index (χ2v) is 8.25. The Morgan fingerprint density at radius 2 is 1.97 bits per heavy atom. The van der Waals surface area contributed by atoms with Crippen molar-refractivity contribution in [2.45, 2.75) is 31.0 Å². The monoisotopic (exact) mass is 475 g/mol. The number of hydrogen-bond donors (Lipinski definition) is 3. The Hall–Kier alpha value is -1.97. The number of halogens is 4. The fraction of sp³-hybridized carbons (Fsp3) is 0.316. The summed E-state index contributed by atoms with van der Waals surface area (Å²) >= 11 is 17.8. The molecule has 0 radical (unpaired) electrons. The topological polar surface area (TPSA) is 104 Å². The predicted octanol–water partition coefficient (Wildman–Crippen LogP) is 3.79. The van der Waals surface area contributed by atoms with E-state index in [0.29, 0.717) is 16.3 Å². The molecule has 3 rings (SSSR count). The summed E-state index contributed by atoms with van der Waals surface area (Å²) in [5.41, 5.74) is 0.937. The molecule has 1 heterocycles. The summed E-state index contributed by atoms with van der Waals surface area (Å²) in [5.74, 6) is -2.83. The fourth-order valence-electron chi connectivity index (χ4n) is 3.68. The lowest BCUT2D eigenvalue weighted by Crippen LogP contribution is -2.43. The molecule has 0 bridgehead atoms. The molecule has 7 nitrogen and oxygen atoms in total. The van der Waals surface area contributed by atoms with Crippen molar-refractivity contribution >= 4 is 46.4 Å². The molecular formula is C19H17Cl3FN3O4. The van der Waals surface area contributed by atoms with Crippen molar-refractivity contribution in [2.24, 2.45) is 0 Å². The third kappa shape index (κ3) is 4.38. The van der Waals surface area contributed by atoms with Gasteiger partial charge in [-0.15, -0.1) is 0 Å². The number of hydrogen-bond acceptors (Lipinski definition) is 5. The van der Waals surface area contributed by atoms with Gasteiger partial charge in [-0.25, -0.2) is 4.39 Å². The van der Waals surface area contributed by atoms with Gasteiger partial charge >= 0.3 is 0 Å². The van der Waals surface area contributed by atoms with Crippen molar-refractivity contribution < 1.29 is 19.2 Å². The van der Waals surface area contributed by atoms with Crippen LogP contribution in [-0.2, 0) is 4.79 Å². The average Bonchev–Trinajstić information content (AvgIpc) is 3.07. The maximum absolute atomic E-state index is 14.8. The molecule has 1 saturated heterocycles. The van der Waals surface area contributed by atoms with Crippen LogP contribution in [-0.4, -0.2) is 40.7 Å². The van der Waals surface area contributed by atoms with Gasteiger partial charge in [-0.3, -0.25) is 20.2 Å². The Morgan fingerprint density at radius 3 is 2.60 bits per heavy atom. The van der Waals surface area contributed by atoms with Gasteiger partial charge in [0, 0.05) is 26.2 Å². The number of benzene rings is 2. The normalized spacial score (nSPS) is 23.4. The van der Waals surface area contributed by atoms with Crippen LogP contribution >= 0.6 is 34.8 Å². The smallest absolute Gasteiger partial charge is 0.242 e. The number of aliphatic hydroxyl groups is 1. The SMILES string of the molecule is Cc1ccc(Cl)cc1NC(=O)[C@@H]1N[C@@H](CO)[C@@H]([N+](=O)[O-])[C@@H]1c1cc(Cl)cc(Cl)c1F. The van der Waals surface area contributed by atoms with E-state index in [9.17, 15) is 24.4 Å². The van der Waals surface area contributed by atoms with Crippen LogP contribution in [0.4, 0.5) is 10.1 Å². The lowest BCUT2D eigenvalue weighted by Gasteiger charge is -2.22. The maximum atomic E-state index is 14.8. The Kier molecular flexibility index (Phi) is 6.84. The van der Waals surface area contributed by atoms with Crippen LogP contribution in [0.25, 0.3) is 0 Å². The van der Waals surface area contributed by atoms with Crippen molar-refractivity contribution in [1.29, 1.82) is 0 Å². The summed E-state index contributed by atoms with van der Waals surface area (Å²) in [5, 5.41) is 27.0. The van der Waals surface area contributed by atoms with Gasteiger partial charge in [0.1, 0.15) is 11.9 Å². The number of carbonyl (C=O) groups is 1. The molecule has 4 atom stereocenters. The summed E-state index contributed by atoms with van der Waals surface area (Å²) in [6.07, 6.45) is 0. The Labute approximate surface area is 186 Å². The summed E-state index contributed by atoms with van der Waals surface area (Å²) < 4.78 is 14.8. The molecule has 160 valence electrons. The number of carbonyl (C=O) groups excluding carboxylic acids is 1. The molecule has 1 fully saturated rings. The first kappa shape index (κ1) is 22.7. The minimum atomic E-state index is -1.49. The summed E-state index contributed by atoms with van der Waals surface area (Å²) in [6, 6.07) is 3.44. The minimum Gasteiger partial charge on any atom is -0.394 e. The van der Waals surface area contributed by atoms with Crippen molar-refractivity contribution in [3.8, 4) is 0 Å². The number of anilines is 1. The van der Waals surface area contributed by atoms with Crippen molar-refractivity contribution in [1.82, 2.24) is 5.32 Å². The van der Waals surface area contributed by atoms with E-state index in [0.717, 1.165) is 0 Å². The highest BCUT2D eigenvalue weighted by Gasteiger charge is 2.54. The number of nitrogens with zero attached hydrogens (tertiary/aromatic N) is 1. The first-order chi connectivity index (χ1) is 14.1. The fourth-order valence-corrected chi connectivity index (χ4v) is 4.36. The average molecular weight is 477 g/mol. The maximum Gasteiger partial charge on any atom is 0.242 e. The zero-order chi connectivity index (χ0) is 22.2. The molecular weight excluding hydrogens is 460 g/mol. The number of aryl methyl sites for hydroxylation is 1. The van der Waals surface area contributed by atoms with Crippen molar-refractivity contribution in [2.75, 3.05) is 11.9 Å². The van der Waals surface area contributed by atoms with E-state index in [1.807, 2.05) is 0 Å². The molecule has 2 aromatic rings. The van der Waals surface area contributed by atoms with E-state index in [1.54, 1.807) is 19.1 Å². The van der Waals surface area contributed by atoms with Crippen LogP contribution in [0.2, 0.25) is 15.1 Å². The summed E-state index contributed by atoms with van der Waals surface area (Å²) in [7, 11) is 0. The second kappa shape index (κ2) is 9.03. The van der Waals surface area contributed by atoms with Gasteiger partial charge < -0.3 is 10.4 Å². The molecule has 0 spiro atoms. The van der Waals surface area contributed by atoms with Crippen LogP contribution in [0.1, 0.15) is 17.0 Å². The highest BCUT2D eigenvalue weighted by Crippen LogP contribution is 2.38. The zero-order valence-electron chi connectivity index (χ0n) is 15.5. The highest BCUT2D eigenvalue weighted by molar-refractivity contribution is 6.34. The zero-order valence-corrected chi connectivity index (χ0v) is 17.8. The number of nitro groups is 1. The van der Waals surface area contributed by atoms with Crippen LogP contribution in [0, 0.1) is 22.9 Å². The van der Waals surface area contributed by atoms with Gasteiger partial charge in [0.15, 0.2) is 0 Å². The standard InChI is InChI=1S/C19H17Cl3FN3O4/c1-8-2-3-9(20)6-13(8)25-19(28)17-15(18(26(29)30)14(7-27)24-17)11-4-10(21)5-12(22)16(11)23/h2-6,14-15,17-18,24,27H,7H2,1H3,(H,25,28)/t14-,15+,17+,18+/m0/s1. The van der Waals surface area contributed by atoms with Gasteiger partial charge in [0.2, 0.25) is 11.9 Å². The predicted molar refractivity (Wildman–Crippen MR) is 113 cm³/mol. The van der Waals surface area contributed by atoms with E-state index >= 15 is 0 Å². The Bertz CT molecular complexity index is 1010. The van der Waals surface area contributed by atoms with Gasteiger partial charge in [-0.05, 0) is 36.8 Å². The number of amides is 1. The number of nitrogens with one attached hydrogen (secondary N) is 2.